The lowest BCUT2D eigenvalue weighted by Gasteiger charge is -2.30. The predicted molar refractivity (Wildman–Crippen MR) is 60.2 cm³/mol. The second-order valence-corrected chi connectivity index (χ2v) is 4.70. The number of nitrogens with one attached hydrogen (secondary N) is 1. The molecule has 1 fully saturated rings. The number of aliphatic carboxylic acids is 1. The van der Waals surface area contributed by atoms with Gasteiger partial charge in [0.1, 0.15) is 0 Å². The molecule has 0 aromatic heterocycles. The number of carboxylic acid groups (broad SMARTS) is 1. The van der Waals surface area contributed by atoms with E-state index in [9.17, 15) is 9.59 Å². The fourth-order valence-electron chi connectivity index (χ4n) is 1.77. The van der Waals surface area contributed by atoms with E-state index >= 15 is 0 Å². The summed E-state index contributed by atoms with van der Waals surface area (Å²) in [5.41, 5.74) is 0. The zero-order valence-electron chi connectivity index (χ0n) is 9.90. The molecule has 2 amide bonds. The van der Waals surface area contributed by atoms with Crippen LogP contribution in [-0.4, -0.2) is 41.6 Å². The maximum atomic E-state index is 11.7. The van der Waals surface area contributed by atoms with Crippen LogP contribution >= 0.6 is 0 Å². The highest BCUT2D eigenvalue weighted by Gasteiger charge is 2.27. The molecule has 1 heterocycles. The van der Waals surface area contributed by atoms with Crippen LogP contribution in [0.25, 0.3) is 0 Å². The van der Waals surface area contributed by atoms with E-state index in [1.165, 1.54) is 0 Å². The molecule has 0 spiro atoms. The Morgan fingerprint density at radius 1 is 1.50 bits per heavy atom. The first-order chi connectivity index (χ1) is 7.50. The van der Waals surface area contributed by atoms with Gasteiger partial charge in [-0.1, -0.05) is 13.8 Å². The summed E-state index contributed by atoms with van der Waals surface area (Å²) in [6, 6.07) is -0.139. The number of carboxylic acids is 1. The molecule has 5 nitrogen and oxygen atoms in total. The van der Waals surface area contributed by atoms with E-state index in [4.69, 9.17) is 5.11 Å². The summed E-state index contributed by atoms with van der Waals surface area (Å²) in [4.78, 5) is 24.1. The monoisotopic (exact) mass is 228 g/mol. The molecule has 0 bridgehead atoms. The first-order valence-electron chi connectivity index (χ1n) is 5.76. The fourth-order valence-corrected chi connectivity index (χ4v) is 1.77. The molecule has 1 saturated heterocycles. The van der Waals surface area contributed by atoms with Crippen LogP contribution in [0, 0.1) is 11.8 Å². The maximum Gasteiger partial charge on any atom is 0.317 e. The van der Waals surface area contributed by atoms with Crippen molar-refractivity contribution in [2.24, 2.45) is 11.8 Å². The molecular weight excluding hydrogens is 208 g/mol. The smallest absolute Gasteiger partial charge is 0.317 e. The van der Waals surface area contributed by atoms with Gasteiger partial charge in [-0.15, -0.1) is 0 Å². The van der Waals surface area contributed by atoms with Crippen molar-refractivity contribution in [2.75, 3.05) is 19.6 Å². The zero-order chi connectivity index (χ0) is 12.1. The minimum Gasteiger partial charge on any atom is -0.481 e. The van der Waals surface area contributed by atoms with E-state index in [-0.39, 0.29) is 6.03 Å². The molecule has 2 N–H and O–H groups in total. The molecule has 0 aromatic rings. The number of rotatable bonds is 3. The van der Waals surface area contributed by atoms with Crippen LogP contribution in [0.1, 0.15) is 26.7 Å². The van der Waals surface area contributed by atoms with E-state index in [1.54, 1.807) is 4.90 Å². The first-order valence-corrected chi connectivity index (χ1v) is 5.76. The molecule has 1 unspecified atom stereocenters. The van der Waals surface area contributed by atoms with Gasteiger partial charge in [0, 0.05) is 19.6 Å². The molecule has 1 aliphatic heterocycles. The van der Waals surface area contributed by atoms with Crippen molar-refractivity contribution in [3.63, 3.8) is 0 Å². The quantitative estimate of drug-likeness (QED) is 0.761. The molecule has 5 heteroatoms. The normalized spacial score (nSPS) is 20.9. The first kappa shape index (κ1) is 12.8. The van der Waals surface area contributed by atoms with Crippen molar-refractivity contribution in [2.45, 2.75) is 26.7 Å². The van der Waals surface area contributed by atoms with Gasteiger partial charge in [0.2, 0.25) is 0 Å². The molecule has 0 aliphatic carbocycles. The van der Waals surface area contributed by atoms with Crippen LogP contribution in [0.4, 0.5) is 4.79 Å². The lowest BCUT2D eigenvalue weighted by atomic mass is 9.99. The third kappa shape index (κ3) is 3.72. The SMILES string of the molecule is CC(C)CNC(=O)N1CCCC(C(=O)O)C1. The summed E-state index contributed by atoms with van der Waals surface area (Å²) in [5, 5.41) is 11.7. The summed E-state index contributed by atoms with van der Waals surface area (Å²) >= 11 is 0. The highest BCUT2D eigenvalue weighted by Crippen LogP contribution is 2.16. The van der Waals surface area contributed by atoms with Crippen LogP contribution in [0.15, 0.2) is 0 Å². The number of nitrogens with zero attached hydrogens (tertiary/aromatic N) is 1. The van der Waals surface area contributed by atoms with Crippen molar-refractivity contribution in [1.29, 1.82) is 0 Å². The Labute approximate surface area is 95.8 Å². The Morgan fingerprint density at radius 3 is 2.75 bits per heavy atom. The Morgan fingerprint density at radius 2 is 2.19 bits per heavy atom. The van der Waals surface area contributed by atoms with Crippen LogP contribution in [0.2, 0.25) is 0 Å². The number of hydrogen-bond donors (Lipinski definition) is 2. The molecule has 1 aliphatic rings. The number of amides is 2. The number of carbonyl (C=O) groups excluding carboxylic acids is 1. The summed E-state index contributed by atoms with van der Waals surface area (Å²) < 4.78 is 0. The topological polar surface area (TPSA) is 69.6 Å². The summed E-state index contributed by atoms with van der Waals surface area (Å²) in [6.07, 6.45) is 1.44. The lowest BCUT2D eigenvalue weighted by molar-refractivity contribution is -0.143. The van der Waals surface area contributed by atoms with Crippen molar-refractivity contribution in [3.8, 4) is 0 Å². The Balaban J connectivity index is 2.41. The van der Waals surface area contributed by atoms with Gasteiger partial charge < -0.3 is 15.3 Å². The van der Waals surface area contributed by atoms with Crippen molar-refractivity contribution >= 4 is 12.0 Å². The van der Waals surface area contributed by atoms with Gasteiger partial charge in [-0.2, -0.15) is 0 Å². The van der Waals surface area contributed by atoms with Gasteiger partial charge in [0.15, 0.2) is 0 Å². The molecule has 0 radical (unpaired) electrons. The Bertz CT molecular complexity index is 266. The van der Waals surface area contributed by atoms with Crippen LogP contribution in [0.5, 0.6) is 0 Å². The molecule has 1 rings (SSSR count). The van der Waals surface area contributed by atoms with Crippen LogP contribution < -0.4 is 5.32 Å². The minimum absolute atomic E-state index is 0.139. The number of likely N-dealkylation sites (tertiary alicyclic amines) is 1. The highest BCUT2D eigenvalue weighted by molar-refractivity contribution is 5.76. The third-order valence-electron chi connectivity index (χ3n) is 2.72. The molecule has 92 valence electrons. The van der Waals surface area contributed by atoms with E-state index < -0.39 is 11.9 Å². The van der Waals surface area contributed by atoms with Gasteiger partial charge in [0.25, 0.3) is 0 Å². The molecule has 16 heavy (non-hydrogen) atoms. The van der Waals surface area contributed by atoms with Crippen molar-refractivity contribution in [1.82, 2.24) is 10.2 Å². The second-order valence-electron chi connectivity index (χ2n) is 4.70. The van der Waals surface area contributed by atoms with E-state index in [2.05, 4.69) is 5.32 Å². The van der Waals surface area contributed by atoms with E-state index in [1.807, 2.05) is 13.8 Å². The molecule has 0 saturated carbocycles. The molecular formula is C11H20N2O3. The number of piperidine rings is 1. The Kier molecular flexibility index (Phi) is 4.58. The average Bonchev–Trinajstić information content (AvgIpc) is 2.26. The second kappa shape index (κ2) is 5.72. The zero-order valence-corrected chi connectivity index (χ0v) is 9.90. The van der Waals surface area contributed by atoms with Gasteiger partial charge >= 0.3 is 12.0 Å². The molecule has 1 atom stereocenters. The van der Waals surface area contributed by atoms with Crippen molar-refractivity contribution in [3.05, 3.63) is 0 Å². The third-order valence-corrected chi connectivity index (χ3v) is 2.72. The maximum absolute atomic E-state index is 11.7. The average molecular weight is 228 g/mol. The number of urea groups is 1. The van der Waals surface area contributed by atoms with E-state index in [0.29, 0.717) is 32.0 Å². The van der Waals surface area contributed by atoms with Gasteiger partial charge in [0.05, 0.1) is 5.92 Å². The summed E-state index contributed by atoms with van der Waals surface area (Å²) in [6.45, 7) is 5.67. The van der Waals surface area contributed by atoms with Gasteiger partial charge in [-0.25, -0.2) is 4.79 Å². The number of hydrogen-bond acceptors (Lipinski definition) is 2. The molecule has 0 aromatic carbocycles. The highest BCUT2D eigenvalue weighted by atomic mass is 16.4. The summed E-state index contributed by atoms with van der Waals surface area (Å²) in [5.74, 6) is -0.802. The van der Waals surface area contributed by atoms with Crippen LogP contribution in [-0.2, 0) is 4.79 Å². The fraction of sp³-hybridized carbons (Fsp3) is 0.818. The Hall–Kier alpha value is -1.26. The summed E-state index contributed by atoms with van der Waals surface area (Å²) in [7, 11) is 0. The largest absolute Gasteiger partial charge is 0.481 e. The van der Waals surface area contributed by atoms with Gasteiger partial charge in [-0.05, 0) is 18.8 Å². The number of carbonyl (C=O) groups is 2. The van der Waals surface area contributed by atoms with Crippen LogP contribution in [0.3, 0.4) is 0 Å². The van der Waals surface area contributed by atoms with E-state index in [0.717, 1.165) is 6.42 Å². The predicted octanol–water partition coefficient (Wildman–Crippen LogP) is 1.15. The van der Waals surface area contributed by atoms with Crippen molar-refractivity contribution < 1.29 is 14.7 Å². The standard InChI is InChI=1S/C11H20N2O3/c1-8(2)6-12-11(16)13-5-3-4-9(7-13)10(14)15/h8-9H,3-7H2,1-2H3,(H,12,16)(H,14,15). The lowest BCUT2D eigenvalue weighted by Crippen LogP contribution is -2.47. The van der Waals surface area contributed by atoms with Gasteiger partial charge in [-0.3, -0.25) is 4.79 Å². The minimum atomic E-state index is -0.804.